The van der Waals surface area contributed by atoms with Crippen molar-refractivity contribution in [2.75, 3.05) is 26.2 Å². The first-order valence-electron chi connectivity index (χ1n) is 6.58. The lowest BCUT2D eigenvalue weighted by molar-refractivity contribution is 0.0782. The Balaban J connectivity index is 2.22. The third-order valence-corrected chi connectivity index (χ3v) is 3.39. The summed E-state index contributed by atoms with van der Waals surface area (Å²) >= 11 is 0. The van der Waals surface area contributed by atoms with Crippen molar-refractivity contribution in [3.63, 3.8) is 0 Å². The number of benzene rings is 1. The number of para-hydroxylation sites is 1. The van der Waals surface area contributed by atoms with Gasteiger partial charge in [-0.25, -0.2) is 4.39 Å². The van der Waals surface area contributed by atoms with Gasteiger partial charge in [0.15, 0.2) is 11.6 Å². The third kappa shape index (κ3) is 2.87. The maximum Gasteiger partial charge on any atom is 0.257 e. The second-order valence-electron chi connectivity index (χ2n) is 4.69. The molecule has 2 rings (SSSR count). The van der Waals surface area contributed by atoms with Gasteiger partial charge in [0.1, 0.15) is 0 Å². The van der Waals surface area contributed by atoms with Crippen LogP contribution < -0.4 is 10.5 Å². The molecule has 1 aliphatic rings. The minimum Gasteiger partial charge on any atom is -0.490 e. The minimum atomic E-state index is -0.498. The normalized spacial score (nSPS) is 18.7. The molecule has 0 saturated carbocycles. The topological polar surface area (TPSA) is 55.6 Å². The van der Waals surface area contributed by atoms with Gasteiger partial charge in [-0.05, 0) is 37.9 Å². The highest BCUT2D eigenvalue weighted by molar-refractivity contribution is 5.97. The van der Waals surface area contributed by atoms with Gasteiger partial charge in [0, 0.05) is 13.1 Å². The van der Waals surface area contributed by atoms with Gasteiger partial charge in [-0.15, -0.1) is 0 Å². The fourth-order valence-electron chi connectivity index (χ4n) is 2.35. The van der Waals surface area contributed by atoms with Crippen LogP contribution in [0, 0.1) is 11.7 Å². The molecule has 1 aromatic carbocycles. The maximum atomic E-state index is 13.7. The minimum absolute atomic E-state index is 0.0474. The molecular weight excluding hydrogens is 247 g/mol. The van der Waals surface area contributed by atoms with Crippen molar-refractivity contribution in [3.8, 4) is 5.75 Å². The van der Waals surface area contributed by atoms with E-state index >= 15 is 0 Å². The Bertz CT molecular complexity index is 465. The first-order chi connectivity index (χ1) is 9.17. The number of nitrogens with two attached hydrogens (primary N) is 1. The van der Waals surface area contributed by atoms with Crippen molar-refractivity contribution >= 4 is 5.91 Å². The van der Waals surface area contributed by atoms with Crippen molar-refractivity contribution in [1.82, 2.24) is 4.90 Å². The van der Waals surface area contributed by atoms with Crippen molar-refractivity contribution in [2.24, 2.45) is 11.7 Å². The molecule has 1 aliphatic heterocycles. The Morgan fingerprint density at radius 1 is 1.58 bits per heavy atom. The van der Waals surface area contributed by atoms with E-state index in [0.29, 0.717) is 37.7 Å². The Hall–Kier alpha value is -1.62. The summed E-state index contributed by atoms with van der Waals surface area (Å²) in [5, 5.41) is 0. The molecule has 104 valence electrons. The van der Waals surface area contributed by atoms with Gasteiger partial charge < -0.3 is 15.4 Å². The van der Waals surface area contributed by atoms with Gasteiger partial charge >= 0.3 is 0 Å². The van der Waals surface area contributed by atoms with Crippen LogP contribution in [0.2, 0.25) is 0 Å². The molecule has 0 bridgehead atoms. The van der Waals surface area contributed by atoms with Crippen molar-refractivity contribution in [2.45, 2.75) is 13.3 Å². The lowest BCUT2D eigenvalue weighted by atomic mass is 10.1. The zero-order chi connectivity index (χ0) is 13.8. The smallest absolute Gasteiger partial charge is 0.257 e. The highest BCUT2D eigenvalue weighted by Crippen LogP contribution is 2.26. The van der Waals surface area contributed by atoms with E-state index in [1.807, 2.05) is 0 Å². The molecule has 5 heteroatoms. The zero-order valence-electron chi connectivity index (χ0n) is 11.1. The third-order valence-electron chi connectivity index (χ3n) is 3.39. The fraction of sp³-hybridized carbons (Fsp3) is 0.500. The van der Waals surface area contributed by atoms with Gasteiger partial charge in [0.05, 0.1) is 12.2 Å². The summed E-state index contributed by atoms with van der Waals surface area (Å²) in [6.07, 6.45) is 0.904. The summed E-state index contributed by atoms with van der Waals surface area (Å²) in [4.78, 5) is 14.1. The highest BCUT2D eigenvalue weighted by Gasteiger charge is 2.28. The number of nitrogens with zero attached hydrogens (tertiary/aromatic N) is 1. The molecule has 2 N–H and O–H groups in total. The van der Waals surface area contributed by atoms with Crippen LogP contribution in [0.5, 0.6) is 5.75 Å². The van der Waals surface area contributed by atoms with E-state index in [-0.39, 0.29) is 11.7 Å². The standard InChI is InChI=1S/C14H19FN2O2/c1-2-19-13-11(4-3-5-12(13)15)14(18)17-7-6-10(8-16)9-17/h3-5,10H,2,6-9,16H2,1H3. The number of rotatable bonds is 4. The fourth-order valence-corrected chi connectivity index (χ4v) is 2.35. The lowest BCUT2D eigenvalue weighted by Crippen LogP contribution is -2.30. The largest absolute Gasteiger partial charge is 0.490 e. The molecule has 0 aliphatic carbocycles. The molecular formula is C14H19FN2O2. The lowest BCUT2D eigenvalue weighted by Gasteiger charge is -2.18. The summed E-state index contributed by atoms with van der Waals surface area (Å²) in [5.74, 6) is -0.291. The van der Waals surface area contributed by atoms with Crippen LogP contribution in [0.1, 0.15) is 23.7 Å². The Kier molecular flexibility index (Phi) is 4.37. The van der Waals surface area contributed by atoms with E-state index in [9.17, 15) is 9.18 Å². The van der Waals surface area contributed by atoms with Crippen LogP contribution in [0.3, 0.4) is 0 Å². The predicted molar refractivity (Wildman–Crippen MR) is 70.6 cm³/mol. The molecule has 19 heavy (non-hydrogen) atoms. The van der Waals surface area contributed by atoms with Gasteiger partial charge in [-0.2, -0.15) is 0 Å². The SMILES string of the molecule is CCOc1c(F)cccc1C(=O)N1CCC(CN)C1. The molecule has 0 radical (unpaired) electrons. The van der Waals surface area contributed by atoms with Crippen LogP contribution in [-0.4, -0.2) is 37.0 Å². The van der Waals surface area contributed by atoms with E-state index in [1.54, 1.807) is 17.9 Å². The van der Waals surface area contributed by atoms with Gasteiger partial charge in [-0.1, -0.05) is 6.07 Å². The van der Waals surface area contributed by atoms with Crippen LogP contribution in [0.25, 0.3) is 0 Å². The summed E-state index contributed by atoms with van der Waals surface area (Å²) in [7, 11) is 0. The highest BCUT2D eigenvalue weighted by atomic mass is 19.1. The second kappa shape index (κ2) is 6.02. The molecule has 1 heterocycles. The number of amides is 1. The Labute approximate surface area is 112 Å². The molecule has 1 amide bonds. The second-order valence-corrected chi connectivity index (χ2v) is 4.69. The quantitative estimate of drug-likeness (QED) is 0.901. The number of halogens is 1. The van der Waals surface area contributed by atoms with Crippen LogP contribution in [0.4, 0.5) is 4.39 Å². The predicted octanol–water partition coefficient (Wildman–Crippen LogP) is 1.65. The number of carbonyl (C=O) groups excluding carboxylic acids is 1. The number of likely N-dealkylation sites (tertiary alicyclic amines) is 1. The molecule has 0 aromatic heterocycles. The molecule has 1 unspecified atom stereocenters. The molecule has 4 nitrogen and oxygen atoms in total. The van der Waals surface area contributed by atoms with E-state index in [4.69, 9.17) is 10.5 Å². The van der Waals surface area contributed by atoms with Gasteiger partial charge in [0.25, 0.3) is 5.91 Å². The summed E-state index contributed by atoms with van der Waals surface area (Å²) in [5.41, 5.74) is 5.91. The Morgan fingerprint density at radius 2 is 2.37 bits per heavy atom. The first kappa shape index (κ1) is 13.8. The van der Waals surface area contributed by atoms with Crippen molar-refractivity contribution in [1.29, 1.82) is 0 Å². The molecule has 1 saturated heterocycles. The number of hydrogen-bond donors (Lipinski definition) is 1. The average molecular weight is 266 g/mol. The zero-order valence-corrected chi connectivity index (χ0v) is 11.1. The molecule has 1 atom stereocenters. The van der Waals surface area contributed by atoms with Crippen molar-refractivity contribution < 1.29 is 13.9 Å². The monoisotopic (exact) mass is 266 g/mol. The van der Waals surface area contributed by atoms with Gasteiger partial charge in [0.2, 0.25) is 0 Å². The summed E-state index contributed by atoms with van der Waals surface area (Å²) in [6.45, 7) is 3.97. The maximum absolute atomic E-state index is 13.7. The van der Waals surface area contributed by atoms with E-state index in [0.717, 1.165) is 6.42 Å². The summed E-state index contributed by atoms with van der Waals surface area (Å²) in [6, 6.07) is 4.43. The number of carbonyl (C=O) groups is 1. The number of hydrogen-bond acceptors (Lipinski definition) is 3. The average Bonchev–Trinajstić information content (AvgIpc) is 2.89. The first-order valence-corrected chi connectivity index (χ1v) is 6.58. The van der Waals surface area contributed by atoms with Crippen molar-refractivity contribution in [3.05, 3.63) is 29.6 Å². The summed E-state index contributed by atoms with van der Waals surface area (Å²) < 4.78 is 19.0. The molecule has 1 fully saturated rings. The Morgan fingerprint density at radius 3 is 3.00 bits per heavy atom. The van der Waals surface area contributed by atoms with Crippen LogP contribution in [-0.2, 0) is 0 Å². The number of ether oxygens (including phenoxy) is 1. The van der Waals surface area contributed by atoms with Crippen LogP contribution in [0.15, 0.2) is 18.2 Å². The van der Waals surface area contributed by atoms with Crippen LogP contribution >= 0.6 is 0 Å². The molecule has 0 spiro atoms. The van der Waals surface area contributed by atoms with E-state index in [1.165, 1.54) is 12.1 Å². The molecule has 1 aromatic rings. The van der Waals surface area contributed by atoms with E-state index < -0.39 is 5.82 Å². The van der Waals surface area contributed by atoms with E-state index in [2.05, 4.69) is 0 Å². The van der Waals surface area contributed by atoms with Gasteiger partial charge in [-0.3, -0.25) is 4.79 Å².